The Hall–Kier alpha value is -1.58. The first-order valence-electron chi connectivity index (χ1n) is 6.85. The molecule has 2 aliphatic rings. The fourth-order valence-corrected chi connectivity index (χ4v) is 3.55. The van der Waals surface area contributed by atoms with Crippen molar-refractivity contribution in [2.24, 2.45) is 17.8 Å². The van der Waals surface area contributed by atoms with Crippen LogP contribution in [0, 0.1) is 23.6 Å². The minimum absolute atomic E-state index is 0.128. The van der Waals surface area contributed by atoms with Crippen LogP contribution in [-0.2, 0) is 4.74 Å². The van der Waals surface area contributed by atoms with E-state index in [2.05, 4.69) is 0 Å². The third kappa shape index (κ3) is 2.44. The minimum atomic E-state index is -0.514. The fraction of sp³-hybridized carbons (Fsp3) is 0.533. The molecule has 2 N–H and O–H groups in total. The normalized spacial score (nSPS) is 28.6. The van der Waals surface area contributed by atoms with E-state index in [4.69, 9.17) is 10.5 Å². The van der Waals surface area contributed by atoms with E-state index < -0.39 is 11.8 Å². The van der Waals surface area contributed by atoms with E-state index in [1.165, 1.54) is 31.4 Å². The Morgan fingerprint density at radius 2 is 2.21 bits per heavy atom. The van der Waals surface area contributed by atoms with Gasteiger partial charge in [0.1, 0.15) is 5.82 Å². The predicted molar refractivity (Wildman–Crippen MR) is 70.0 cm³/mol. The topological polar surface area (TPSA) is 52.3 Å². The van der Waals surface area contributed by atoms with Crippen LogP contribution in [0.25, 0.3) is 0 Å². The standard InChI is InChI=1S/C15H18FNO2/c16-12-3-4-14(17)13(7-12)15(18)19-8-11-6-9-1-2-10(11)5-9/h3-4,7,9-11H,1-2,5-6,8,17H2. The molecule has 0 aromatic heterocycles. The van der Waals surface area contributed by atoms with E-state index in [9.17, 15) is 9.18 Å². The highest BCUT2D eigenvalue weighted by molar-refractivity contribution is 5.95. The number of nitrogen functional groups attached to an aromatic ring is 1. The highest BCUT2D eigenvalue weighted by atomic mass is 19.1. The molecule has 0 radical (unpaired) electrons. The lowest BCUT2D eigenvalue weighted by molar-refractivity contribution is 0.0395. The van der Waals surface area contributed by atoms with Crippen molar-refractivity contribution in [2.45, 2.75) is 25.7 Å². The molecule has 2 saturated carbocycles. The van der Waals surface area contributed by atoms with Crippen LogP contribution in [-0.4, -0.2) is 12.6 Å². The Balaban J connectivity index is 1.61. The number of rotatable bonds is 3. The van der Waals surface area contributed by atoms with Crippen molar-refractivity contribution in [3.63, 3.8) is 0 Å². The van der Waals surface area contributed by atoms with Gasteiger partial charge in [0.25, 0.3) is 0 Å². The largest absolute Gasteiger partial charge is 0.462 e. The number of esters is 1. The monoisotopic (exact) mass is 263 g/mol. The summed E-state index contributed by atoms with van der Waals surface area (Å²) in [5.41, 5.74) is 6.06. The first-order valence-corrected chi connectivity index (χ1v) is 6.85. The number of carbonyl (C=O) groups is 1. The lowest BCUT2D eigenvalue weighted by Crippen LogP contribution is -2.20. The molecule has 3 nitrogen and oxygen atoms in total. The quantitative estimate of drug-likeness (QED) is 0.673. The minimum Gasteiger partial charge on any atom is -0.462 e. The van der Waals surface area contributed by atoms with Gasteiger partial charge in [-0.2, -0.15) is 0 Å². The molecule has 3 atom stereocenters. The number of nitrogens with two attached hydrogens (primary N) is 1. The van der Waals surface area contributed by atoms with Crippen LogP contribution < -0.4 is 5.73 Å². The third-order valence-corrected chi connectivity index (χ3v) is 4.55. The molecule has 0 aliphatic heterocycles. The van der Waals surface area contributed by atoms with Gasteiger partial charge in [0.2, 0.25) is 0 Å². The van der Waals surface area contributed by atoms with Crippen LogP contribution in [0.5, 0.6) is 0 Å². The summed E-state index contributed by atoms with van der Waals surface area (Å²) >= 11 is 0. The summed E-state index contributed by atoms with van der Waals surface area (Å²) in [6.07, 6.45) is 5.03. The zero-order valence-corrected chi connectivity index (χ0v) is 10.8. The Morgan fingerprint density at radius 1 is 1.37 bits per heavy atom. The summed E-state index contributed by atoms with van der Waals surface area (Å²) in [6, 6.07) is 3.77. The van der Waals surface area contributed by atoms with Crippen molar-refractivity contribution in [3.8, 4) is 0 Å². The molecule has 102 valence electrons. The number of fused-ring (bicyclic) bond motifs is 2. The van der Waals surface area contributed by atoms with Crippen molar-refractivity contribution in [1.82, 2.24) is 0 Å². The third-order valence-electron chi connectivity index (χ3n) is 4.55. The molecule has 1 aromatic carbocycles. The predicted octanol–water partition coefficient (Wildman–Crippen LogP) is 3.00. The molecule has 4 heteroatoms. The number of anilines is 1. The second kappa shape index (κ2) is 4.83. The molecule has 0 heterocycles. The van der Waals surface area contributed by atoms with Crippen molar-refractivity contribution in [2.75, 3.05) is 12.3 Å². The number of carbonyl (C=O) groups excluding carboxylic acids is 1. The smallest absolute Gasteiger partial charge is 0.340 e. The van der Waals surface area contributed by atoms with Gasteiger partial charge in [0.05, 0.1) is 12.2 Å². The Morgan fingerprint density at radius 3 is 2.89 bits per heavy atom. The average Bonchev–Trinajstić information content (AvgIpc) is 3.01. The van der Waals surface area contributed by atoms with E-state index in [0.29, 0.717) is 18.4 Å². The van der Waals surface area contributed by atoms with Gasteiger partial charge in [-0.1, -0.05) is 6.42 Å². The van der Waals surface area contributed by atoms with E-state index >= 15 is 0 Å². The number of hydrogen-bond donors (Lipinski definition) is 1. The molecule has 2 bridgehead atoms. The Bertz CT molecular complexity index is 503. The Labute approximate surface area is 111 Å². The second-order valence-electron chi connectivity index (χ2n) is 5.76. The maximum atomic E-state index is 13.1. The molecule has 0 amide bonds. The van der Waals surface area contributed by atoms with Gasteiger partial charge in [-0.05, 0) is 55.2 Å². The van der Waals surface area contributed by atoms with Crippen LogP contribution >= 0.6 is 0 Å². The molecular weight excluding hydrogens is 245 g/mol. The highest BCUT2D eigenvalue weighted by Gasteiger charge is 2.39. The number of ether oxygens (including phenoxy) is 1. The molecule has 0 saturated heterocycles. The lowest BCUT2D eigenvalue weighted by Gasteiger charge is -2.21. The first-order chi connectivity index (χ1) is 9.13. The number of hydrogen-bond acceptors (Lipinski definition) is 3. The maximum Gasteiger partial charge on any atom is 0.340 e. The summed E-state index contributed by atoms with van der Waals surface area (Å²) in [5.74, 6) is 1.04. The molecule has 1 aromatic rings. The van der Waals surface area contributed by atoms with Crippen LogP contribution in [0.1, 0.15) is 36.0 Å². The van der Waals surface area contributed by atoms with Crippen molar-refractivity contribution in [1.29, 1.82) is 0 Å². The number of benzene rings is 1. The summed E-state index contributed by atoms with van der Waals surface area (Å²) in [5, 5.41) is 0. The Kier molecular flexibility index (Phi) is 3.17. The van der Waals surface area contributed by atoms with Crippen molar-refractivity contribution >= 4 is 11.7 Å². The van der Waals surface area contributed by atoms with Gasteiger partial charge < -0.3 is 10.5 Å². The molecular formula is C15H18FNO2. The average molecular weight is 263 g/mol. The highest BCUT2D eigenvalue weighted by Crippen LogP contribution is 2.48. The van der Waals surface area contributed by atoms with Crippen LogP contribution in [0.3, 0.4) is 0 Å². The van der Waals surface area contributed by atoms with Gasteiger partial charge in [-0.3, -0.25) is 0 Å². The van der Waals surface area contributed by atoms with Crippen molar-refractivity contribution < 1.29 is 13.9 Å². The number of halogens is 1. The van der Waals surface area contributed by atoms with E-state index in [0.717, 1.165) is 18.4 Å². The van der Waals surface area contributed by atoms with E-state index in [1.807, 2.05) is 0 Å². The van der Waals surface area contributed by atoms with Gasteiger partial charge in [0, 0.05) is 5.69 Å². The second-order valence-corrected chi connectivity index (χ2v) is 5.76. The molecule has 3 rings (SSSR count). The first kappa shape index (κ1) is 12.5. The van der Waals surface area contributed by atoms with Gasteiger partial charge in [0.15, 0.2) is 0 Å². The molecule has 2 aliphatic carbocycles. The van der Waals surface area contributed by atoms with E-state index in [1.54, 1.807) is 0 Å². The van der Waals surface area contributed by atoms with Crippen LogP contribution in [0.4, 0.5) is 10.1 Å². The summed E-state index contributed by atoms with van der Waals surface area (Å²) in [6.45, 7) is 0.440. The summed E-state index contributed by atoms with van der Waals surface area (Å²) in [4.78, 5) is 11.9. The molecule has 3 unspecified atom stereocenters. The van der Waals surface area contributed by atoms with Gasteiger partial charge in [-0.15, -0.1) is 0 Å². The van der Waals surface area contributed by atoms with Crippen LogP contribution in [0.2, 0.25) is 0 Å². The van der Waals surface area contributed by atoms with Crippen molar-refractivity contribution in [3.05, 3.63) is 29.6 Å². The fourth-order valence-electron chi connectivity index (χ4n) is 3.55. The maximum absolute atomic E-state index is 13.1. The lowest BCUT2D eigenvalue weighted by atomic mass is 9.89. The summed E-state index contributed by atoms with van der Waals surface area (Å²) < 4.78 is 18.4. The molecule has 19 heavy (non-hydrogen) atoms. The molecule has 2 fully saturated rings. The van der Waals surface area contributed by atoms with Gasteiger partial charge in [-0.25, -0.2) is 9.18 Å². The zero-order valence-electron chi connectivity index (χ0n) is 10.8. The molecule has 0 spiro atoms. The van der Waals surface area contributed by atoms with E-state index in [-0.39, 0.29) is 11.3 Å². The van der Waals surface area contributed by atoms with Crippen LogP contribution in [0.15, 0.2) is 18.2 Å². The van der Waals surface area contributed by atoms with Gasteiger partial charge >= 0.3 is 5.97 Å². The summed E-state index contributed by atoms with van der Waals surface area (Å²) in [7, 11) is 0. The zero-order chi connectivity index (χ0) is 13.4. The SMILES string of the molecule is Nc1ccc(F)cc1C(=O)OCC1CC2CCC1C2.